The van der Waals surface area contributed by atoms with Gasteiger partial charge in [0.1, 0.15) is 0 Å². The van der Waals surface area contributed by atoms with E-state index < -0.39 is 0 Å². The lowest BCUT2D eigenvalue weighted by atomic mass is 10.1. The molecule has 1 aliphatic heterocycles. The maximum atomic E-state index is 12.7. The third-order valence-corrected chi connectivity index (χ3v) is 5.38. The molecule has 0 saturated carbocycles. The van der Waals surface area contributed by atoms with Gasteiger partial charge >= 0.3 is 0 Å². The quantitative estimate of drug-likeness (QED) is 0.531. The first kappa shape index (κ1) is 16.2. The van der Waals surface area contributed by atoms with Crippen molar-refractivity contribution in [1.82, 2.24) is 0 Å². The molecule has 2 aromatic rings. The first-order chi connectivity index (χ1) is 11.0. The molecule has 0 spiro atoms. The Bertz CT molecular complexity index is 845. The highest BCUT2D eigenvalue weighted by Crippen LogP contribution is 2.37. The van der Waals surface area contributed by atoms with Crippen molar-refractivity contribution >= 4 is 57.6 Å². The highest BCUT2D eigenvalue weighted by Gasteiger charge is 2.33. The van der Waals surface area contributed by atoms with Crippen molar-refractivity contribution < 1.29 is 4.79 Å². The Labute approximate surface area is 150 Å². The minimum atomic E-state index is -0.108. The van der Waals surface area contributed by atoms with Crippen molar-refractivity contribution in [1.29, 1.82) is 0 Å². The normalized spacial score (nSPS) is 16.5. The molecule has 2 nitrogen and oxygen atoms in total. The van der Waals surface area contributed by atoms with Crippen molar-refractivity contribution in [2.24, 2.45) is 0 Å². The Morgan fingerprint density at radius 1 is 1.13 bits per heavy atom. The molecule has 0 bridgehead atoms. The number of benzene rings is 2. The van der Waals surface area contributed by atoms with Gasteiger partial charge in [-0.2, -0.15) is 0 Å². The smallest absolute Gasteiger partial charge is 0.268 e. The van der Waals surface area contributed by atoms with Gasteiger partial charge in [-0.25, -0.2) is 0 Å². The van der Waals surface area contributed by atoms with E-state index in [9.17, 15) is 4.79 Å². The van der Waals surface area contributed by atoms with Crippen LogP contribution in [0, 0.1) is 13.8 Å². The molecule has 0 unspecified atom stereocenters. The number of thioether (sulfide) groups is 1. The Balaban J connectivity index is 1.97. The average Bonchev–Trinajstić information content (AvgIpc) is 2.79. The molecule has 0 radical (unpaired) electrons. The van der Waals surface area contributed by atoms with Crippen molar-refractivity contribution in [2.45, 2.75) is 13.8 Å². The van der Waals surface area contributed by atoms with E-state index >= 15 is 0 Å². The van der Waals surface area contributed by atoms with E-state index in [1.807, 2.05) is 50.2 Å². The van der Waals surface area contributed by atoms with Gasteiger partial charge in [0.05, 0.1) is 10.6 Å². The Morgan fingerprint density at radius 3 is 2.57 bits per heavy atom. The van der Waals surface area contributed by atoms with Crippen LogP contribution in [0.25, 0.3) is 6.08 Å². The molecule has 1 saturated heterocycles. The summed E-state index contributed by atoms with van der Waals surface area (Å²) in [5.74, 6) is -0.108. The van der Waals surface area contributed by atoms with Crippen LogP contribution in [0.15, 0.2) is 47.4 Å². The molecule has 1 aliphatic rings. The predicted molar refractivity (Wildman–Crippen MR) is 103 cm³/mol. The number of thiocarbonyl (C=S) groups is 1. The first-order valence-electron chi connectivity index (χ1n) is 7.07. The molecule has 0 aliphatic carbocycles. The summed E-state index contributed by atoms with van der Waals surface area (Å²) >= 11 is 12.9. The number of amides is 1. The lowest BCUT2D eigenvalue weighted by molar-refractivity contribution is -0.113. The monoisotopic (exact) mass is 359 g/mol. The van der Waals surface area contributed by atoms with Crippen LogP contribution in [0.1, 0.15) is 16.7 Å². The van der Waals surface area contributed by atoms with Gasteiger partial charge in [0.15, 0.2) is 4.32 Å². The average molecular weight is 360 g/mol. The van der Waals surface area contributed by atoms with Crippen LogP contribution in [0.5, 0.6) is 0 Å². The highest BCUT2D eigenvalue weighted by molar-refractivity contribution is 8.27. The summed E-state index contributed by atoms with van der Waals surface area (Å²) in [6.07, 6.45) is 1.79. The summed E-state index contributed by atoms with van der Waals surface area (Å²) in [6, 6.07) is 13.3. The van der Waals surface area contributed by atoms with E-state index in [1.165, 1.54) is 17.3 Å². The molecule has 0 N–H and O–H groups in total. The van der Waals surface area contributed by atoms with Crippen LogP contribution < -0.4 is 4.90 Å². The molecule has 2 aromatic carbocycles. The molecule has 1 heterocycles. The van der Waals surface area contributed by atoms with Gasteiger partial charge in [-0.05, 0) is 54.8 Å². The number of rotatable bonds is 2. The van der Waals surface area contributed by atoms with Crippen LogP contribution in [-0.4, -0.2) is 10.2 Å². The number of carbonyl (C=O) groups excluding carboxylic acids is 1. The largest absolute Gasteiger partial charge is 0.270 e. The first-order valence-corrected chi connectivity index (χ1v) is 8.67. The van der Waals surface area contributed by atoms with Gasteiger partial charge in [0, 0.05) is 5.02 Å². The fourth-order valence-electron chi connectivity index (χ4n) is 2.29. The second kappa shape index (κ2) is 6.48. The van der Waals surface area contributed by atoms with E-state index in [4.69, 9.17) is 23.8 Å². The van der Waals surface area contributed by atoms with Crippen LogP contribution in [0.3, 0.4) is 0 Å². The van der Waals surface area contributed by atoms with Gasteiger partial charge in [0.25, 0.3) is 5.91 Å². The SMILES string of the molecule is Cc1ccc(N2C(=O)/C(=C/c3ccccc3Cl)SC2=S)cc1C. The number of hydrogen-bond donors (Lipinski definition) is 0. The summed E-state index contributed by atoms with van der Waals surface area (Å²) in [4.78, 5) is 14.9. The summed E-state index contributed by atoms with van der Waals surface area (Å²) in [5, 5.41) is 0.615. The molecule has 0 atom stereocenters. The van der Waals surface area contributed by atoms with Gasteiger partial charge in [-0.1, -0.05) is 59.8 Å². The minimum Gasteiger partial charge on any atom is -0.268 e. The zero-order valence-electron chi connectivity index (χ0n) is 12.7. The van der Waals surface area contributed by atoms with E-state index in [0.717, 1.165) is 16.8 Å². The van der Waals surface area contributed by atoms with Crippen LogP contribution in [-0.2, 0) is 4.79 Å². The van der Waals surface area contributed by atoms with Crippen LogP contribution in [0.4, 0.5) is 5.69 Å². The predicted octanol–water partition coefficient (Wildman–Crippen LogP) is 5.36. The molecule has 3 rings (SSSR count). The zero-order valence-corrected chi connectivity index (χ0v) is 15.1. The molecular weight excluding hydrogens is 346 g/mol. The fraction of sp³-hybridized carbons (Fsp3) is 0.111. The Hall–Kier alpha value is -1.62. The number of nitrogens with zero attached hydrogens (tertiary/aromatic N) is 1. The fourth-order valence-corrected chi connectivity index (χ4v) is 3.77. The minimum absolute atomic E-state index is 0.108. The van der Waals surface area contributed by atoms with E-state index in [1.54, 1.807) is 17.0 Å². The van der Waals surface area contributed by atoms with Gasteiger partial charge < -0.3 is 0 Å². The summed E-state index contributed by atoms with van der Waals surface area (Å²) in [6.45, 7) is 4.07. The molecule has 1 amide bonds. The third-order valence-electron chi connectivity index (χ3n) is 3.73. The number of halogens is 1. The molecule has 1 fully saturated rings. The number of hydrogen-bond acceptors (Lipinski definition) is 3. The number of carbonyl (C=O) groups is 1. The van der Waals surface area contributed by atoms with E-state index in [-0.39, 0.29) is 5.91 Å². The van der Waals surface area contributed by atoms with Crippen LogP contribution in [0.2, 0.25) is 5.02 Å². The molecular formula is C18H14ClNOS2. The molecule has 116 valence electrons. The highest BCUT2D eigenvalue weighted by atomic mass is 35.5. The lowest BCUT2D eigenvalue weighted by Crippen LogP contribution is -2.27. The van der Waals surface area contributed by atoms with E-state index in [2.05, 4.69) is 0 Å². The van der Waals surface area contributed by atoms with Gasteiger partial charge in [0.2, 0.25) is 0 Å². The standard InChI is InChI=1S/C18H14ClNOS2/c1-11-7-8-14(9-12(11)2)20-17(21)16(23-18(20)22)10-13-5-3-4-6-15(13)19/h3-10H,1-2H3/b16-10-. The van der Waals surface area contributed by atoms with Crippen molar-refractivity contribution in [3.05, 3.63) is 69.1 Å². The molecule has 23 heavy (non-hydrogen) atoms. The lowest BCUT2D eigenvalue weighted by Gasteiger charge is -2.15. The summed E-state index contributed by atoms with van der Waals surface area (Å²) in [5.41, 5.74) is 3.94. The number of aryl methyl sites for hydroxylation is 2. The number of anilines is 1. The Kier molecular flexibility index (Phi) is 4.57. The summed E-state index contributed by atoms with van der Waals surface area (Å²) in [7, 11) is 0. The van der Waals surface area contributed by atoms with Gasteiger partial charge in [-0.3, -0.25) is 9.69 Å². The Morgan fingerprint density at radius 2 is 1.87 bits per heavy atom. The van der Waals surface area contributed by atoms with Crippen molar-refractivity contribution in [3.8, 4) is 0 Å². The van der Waals surface area contributed by atoms with Gasteiger partial charge in [-0.15, -0.1) is 0 Å². The third kappa shape index (κ3) is 3.20. The second-order valence-corrected chi connectivity index (χ2v) is 7.39. The maximum absolute atomic E-state index is 12.7. The topological polar surface area (TPSA) is 20.3 Å². The van der Waals surface area contributed by atoms with Crippen molar-refractivity contribution in [2.75, 3.05) is 4.90 Å². The summed E-state index contributed by atoms with van der Waals surface area (Å²) < 4.78 is 0.538. The van der Waals surface area contributed by atoms with E-state index in [0.29, 0.717) is 14.2 Å². The van der Waals surface area contributed by atoms with Crippen molar-refractivity contribution in [3.63, 3.8) is 0 Å². The molecule has 0 aromatic heterocycles. The second-order valence-electron chi connectivity index (χ2n) is 5.31. The maximum Gasteiger partial charge on any atom is 0.270 e. The molecule has 5 heteroatoms. The van der Waals surface area contributed by atoms with Crippen LogP contribution >= 0.6 is 35.6 Å². The zero-order chi connectivity index (χ0) is 16.6.